The number of hydrogen-bond acceptors (Lipinski definition) is 4. The summed E-state index contributed by atoms with van der Waals surface area (Å²) in [7, 11) is 0. The number of aromatic amines is 1. The normalized spacial score (nSPS) is 11.0. The Hall–Kier alpha value is -2.21. The average Bonchev–Trinajstić information content (AvgIpc) is 2.98. The van der Waals surface area contributed by atoms with Crippen LogP contribution in [0.1, 0.15) is 42.7 Å². The van der Waals surface area contributed by atoms with Gasteiger partial charge in [-0.25, -0.2) is 0 Å². The lowest BCUT2D eigenvalue weighted by atomic mass is 10.0. The zero-order chi connectivity index (χ0) is 15.9. The summed E-state index contributed by atoms with van der Waals surface area (Å²) in [5.41, 5.74) is 8.11. The van der Waals surface area contributed by atoms with Gasteiger partial charge in [-0.15, -0.1) is 0 Å². The van der Waals surface area contributed by atoms with E-state index in [9.17, 15) is 4.79 Å². The summed E-state index contributed by atoms with van der Waals surface area (Å²) in [6.07, 6.45) is 2.22. The molecule has 3 N–H and O–H groups in total. The minimum atomic E-state index is -0.572. The highest BCUT2D eigenvalue weighted by Gasteiger charge is 2.18. The third kappa shape index (κ3) is 3.71. The molecule has 2 rings (SSSR count). The van der Waals surface area contributed by atoms with E-state index >= 15 is 0 Å². The summed E-state index contributed by atoms with van der Waals surface area (Å²) in [4.78, 5) is 13.9. The van der Waals surface area contributed by atoms with Gasteiger partial charge in [0.1, 0.15) is 5.69 Å². The van der Waals surface area contributed by atoms with E-state index in [2.05, 4.69) is 40.2 Å². The van der Waals surface area contributed by atoms with Gasteiger partial charge in [-0.3, -0.25) is 9.69 Å². The zero-order valence-electron chi connectivity index (χ0n) is 13.2. The van der Waals surface area contributed by atoms with Crippen LogP contribution in [0.25, 0.3) is 11.3 Å². The maximum Gasteiger partial charge on any atom is 0.271 e. The zero-order valence-corrected chi connectivity index (χ0v) is 13.2. The van der Waals surface area contributed by atoms with Gasteiger partial charge in [0.25, 0.3) is 5.91 Å². The first-order valence-electron chi connectivity index (χ1n) is 7.68. The van der Waals surface area contributed by atoms with Gasteiger partial charge in [0.05, 0.1) is 0 Å². The van der Waals surface area contributed by atoms with Crippen molar-refractivity contribution in [3.05, 3.63) is 35.5 Å². The van der Waals surface area contributed by atoms with Gasteiger partial charge in [0.2, 0.25) is 0 Å². The number of amides is 1. The van der Waals surface area contributed by atoms with Crippen molar-refractivity contribution in [2.75, 3.05) is 13.1 Å². The van der Waals surface area contributed by atoms with Crippen molar-refractivity contribution in [3.63, 3.8) is 0 Å². The number of nitrogens with zero attached hydrogens (tertiary/aromatic N) is 3. The van der Waals surface area contributed by atoms with Crippen molar-refractivity contribution < 1.29 is 4.79 Å². The molecule has 1 aromatic heterocycles. The van der Waals surface area contributed by atoms with E-state index in [0.717, 1.165) is 43.6 Å². The minimum Gasteiger partial charge on any atom is -0.364 e. The van der Waals surface area contributed by atoms with Gasteiger partial charge in [0, 0.05) is 12.1 Å². The van der Waals surface area contributed by atoms with Crippen LogP contribution >= 0.6 is 0 Å². The molecule has 0 aliphatic rings. The van der Waals surface area contributed by atoms with Crippen LogP contribution in [0.3, 0.4) is 0 Å². The Kier molecular flexibility index (Phi) is 5.66. The van der Waals surface area contributed by atoms with Crippen molar-refractivity contribution in [2.24, 2.45) is 5.73 Å². The second-order valence-corrected chi connectivity index (χ2v) is 5.32. The van der Waals surface area contributed by atoms with Crippen LogP contribution in [-0.4, -0.2) is 39.3 Å². The fraction of sp³-hybridized carbons (Fsp3) is 0.438. The molecule has 1 amide bonds. The van der Waals surface area contributed by atoms with Crippen molar-refractivity contribution in [3.8, 4) is 11.3 Å². The number of rotatable bonds is 8. The summed E-state index contributed by atoms with van der Waals surface area (Å²) in [6.45, 7) is 7.27. The Bertz CT molecular complexity index is 617. The highest BCUT2D eigenvalue weighted by molar-refractivity contribution is 5.97. The fourth-order valence-electron chi connectivity index (χ4n) is 2.62. The van der Waals surface area contributed by atoms with E-state index in [1.807, 2.05) is 18.2 Å². The van der Waals surface area contributed by atoms with Gasteiger partial charge in [-0.2, -0.15) is 15.4 Å². The lowest BCUT2D eigenvalue weighted by molar-refractivity contribution is 0.0996. The first-order valence-corrected chi connectivity index (χ1v) is 7.68. The molecule has 0 saturated heterocycles. The Balaban J connectivity index is 2.34. The molecular weight excluding hydrogens is 278 g/mol. The molecule has 1 aromatic carbocycles. The number of H-pyrrole nitrogens is 1. The van der Waals surface area contributed by atoms with Gasteiger partial charge in [-0.1, -0.05) is 38.1 Å². The van der Waals surface area contributed by atoms with Crippen LogP contribution in [0.5, 0.6) is 0 Å². The average molecular weight is 301 g/mol. The molecule has 0 unspecified atom stereocenters. The van der Waals surface area contributed by atoms with Gasteiger partial charge >= 0.3 is 0 Å². The number of primary amides is 1. The number of nitrogens with two attached hydrogens (primary N) is 1. The molecule has 0 fully saturated rings. The van der Waals surface area contributed by atoms with Crippen LogP contribution in [0, 0.1) is 0 Å². The third-order valence-electron chi connectivity index (χ3n) is 3.53. The molecule has 22 heavy (non-hydrogen) atoms. The highest BCUT2D eigenvalue weighted by Crippen LogP contribution is 2.25. The lowest BCUT2D eigenvalue weighted by Gasteiger charge is -2.22. The standard InChI is InChI=1S/C16H23N5O/c1-3-9-21(10-4-2)11-12-7-5-6-8-13(12)14-15(16(17)22)19-20-18-14/h5-8H,3-4,9-11H2,1-2H3,(H2,17,22)(H,18,19,20). The summed E-state index contributed by atoms with van der Waals surface area (Å²) < 4.78 is 0. The second-order valence-electron chi connectivity index (χ2n) is 5.32. The summed E-state index contributed by atoms with van der Waals surface area (Å²) >= 11 is 0. The summed E-state index contributed by atoms with van der Waals surface area (Å²) in [6, 6.07) is 7.95. The van der Waals surface area contributed by atoms with Gasteiger partial charge < -0.3 is 5.73 Å². The minimum absolute atomic E-state index is 0.185. The molecule has 0 aliphatic carbocycles. The predicted molar refractivity (Wildman–Crippen MR) is 86.2 cm³/mol. The molecule has 2 aromatic rings. The van der Waals surface area contributed by atoms with Crippen molar-refractivity contribution >= 4 is 5.91 Å². The molecule has 0 atom stereocenters. The van der Waals surface area contributed by atoms with Gasteiger partial charge in [-0.05, 0) is 31.5 Å². The van der Waals surface area contributed by atoms with Crippen LogP contribution in [0.2, 0.25) is 0 Å². The Morgan fingerprint density at radius 3 is 2.50 bits per heavy atom. The number of benzene rings is 1. The van der Waals surface area contributed by atoms with Crippen LogP contribution in [0.4, 0.5) is 0 Å². The molecule has 0 spiro atoms. The lowest BCUT2D eigenvalue weighted by Crippen LogP contribution is -2.25. The summed E-state index contributed by atoms with van der Waals surface area (Å²) in [5, 5.41) is 10.5. The maximum atomic E-state index is 11.5. The van der Waals surface area contributed by atoms with E-state index in [0.29, 0.717) is 5.69 Å². The molecule has 1 heterocycles. The molecule has 118 valence electrons. The molecule has 0 aliphatic heterocycles. The van der Waals surface area contributed by atoms with E-state index in [1.54, 1.807) is 0 Å². The Labute approximate surface area is 130 Å². The van der Waals surface area contributed by atoms with E-state index in [-0.39, 0.29) is 5.69 Å². The fourth-order valence-corrected chi connectivity index (χ4v) is 2.62. The van der Waals surface area contributed by atoms with Crippen molar-refractivity contribution in [1.82, 2.24) is 20.3 Å². The van der Waals surface area contributed by atoms with E-state index in [1.165, 1.54) is 0 Å². The highest BCUT2D eigenvalue weighted by atomic mass is 16.1. The van der Waals surface area contributed by atoms with Crippen molar-refractivity contribution in [2.45, 2.75) is 33.2 Å². The van der Waals surface area contributed by atoms with Crippen LogP contribution < -0.4 is 5.73 Å². The predicted octanol–water partition coefficient (Wildman–Crippen LogP) is 2.19. The number of hydrogen-bond donors (Lipinski definition) is 2. The van der Waals surface area contributed by atoms with Crippen molar-refractivity contribution in [1.29, 1.82) is 0 Å². The Morgan fingerprint density at radius 2 is 1.86 bits per heavy atom. The third-order valence-corrected chi connectivity index (χ3v) is 3.53. The monoisotopic (exact) mass is 301 g/mol. The molecule has 0 saturated carbocycles. The number of carbonyl (C=O) groups excluding carboxylic acids is 1. The molecule has 0 radical (unpaired) electrons. The van der Waals surface area contributed by atoms with Crippen LogP contribution in [-0.2, 0) is 6.54 Å². The quantitative estimate of drug-likeness (QED) is 0.782. The number of aromatic nitrogens is 3. The molecule has 6 heteroatoms. The first-order chi connectivity index (χ1) is 10.7. The number of carbonyl (C=O) groups is 1. The largest absolute Gasteiger partial charge is 0.364 e. The first kappa shape index (κ1) is 16.2. The second kappa shape index (κ2) is 7.70. The molecule has 0 bridgehead atoms. The van der Waals surface area contributed by atoms with E-state index in [4.69, 9.17) is 5.73 Å². The van der Waals surface area contributed by atoms with Gasteiger partial charge in [0.15, 0.2) is 5.69 Å². The topological polar surface area (TPSA) is 87.9 Å². The Morgan fingerprint density at radius 1 is 1.18 bits per heavy atom. The van der Waals surface area contributed by atoms with Crippen LogP contribution in [0.15, 0.2) is 24.3 Å². The smallest absolute Gasteiger partial charge is 0.271 e. The SMILES string of the molecule is CCCN(CCC)Cc1ccccc1-c1n[nH]nc1C(N)=O. The summed E-state index contributed by atoms with van der Waals surface area (Å²) in [5.74, 6) is -0.572. The molecular formula is C16H23N5O. The maximum absolute atomic E-state index is 11.5. The molecule has 6 nitrogen and oxygen atoms in total. The number of nitrogens with one attached hydrogen (secondary N) is 1. The van der Waals surface area contributed by atoms with E-state index < -0.39 is 5.91 Å².